The molecule has 502 valence electrons. The lowest BCUT2D eigenvalue weighted by Crippen LogP contribution is -1.93. The zero-order valence-corrected chi connectivity index (χ0v) is 58.1. The Bertz CT molecular complexity index is 7830. The lowest BCUT2D eigenvalue weighted by atomic mass is 9.83. The second kappa shape index (κ2) is 25.9. The minimum atomic E-state index is -0.407. The van der Waals surface area contributed by atoms with Crippen molar-refractivity contribution >= 4 is 119 Å². The number of para-hydroxylation sites is 2. The molecule has 22 rings (SSSR count). The highest BCUT2D eigenvalue weighted by Gasteiger charge is 2.26. The highest BCUT2D eigenvalue weighted by molar-refractivity contribution is 6.27. The van der Waals surface area contributed by atoms with E-state index in [1.807, 2.05) is 103 Å². The highest BCUT2D eigenvalue weighted by atomic mass is 16.3. The summed E-state index contributed by atoms with van der Waals surface area (Å²) in [5.74, 6) is 0. The van der Waals surface area contributed by atoms with Crippen LogP contribution in [0.4, 0.5) is 0 Å². The Morgan fingerprint density at radius 2 is 0.491 bits per heavy atom. The summed E-state index contributed by atoms with van der Waals surface area (Å²) in [5, 5.41) is 17.8. The lowest BCUT2D eigenvalue weighted by Gasteiger charge is -2.20. The Kier molecular flexibility index (Phi) is 12.6. The van der Waals surface area contributed by atoms with Crippen LogP contribution in [0.25, 0.3) is 219 Å². The number of rotatable bonds is 9. The standard InChI is InChI=1S/C54H34O.C52H32O/c1-3-15-35(16-4-1)36-27-29-38(30-28-36)52-42(31-32-50-54(52)47-25-13-14-26-49(47)55-50)40-33-39-19-7-8-20-41(39)48(34-40)53-45-23-11-9-21-43(45)51(37-17-5-2-6-18-37)44-22-10-12-24-46(44)53;1-2-15-34(16-3-1)49-41-20-8-10-22-43(41)51(44-23-11-9-21-42(44)49)46-32-38(31-36-18-6-7-19-39(36)46)40-28-29-48-52(45-24-12-13-25-47(45)53-48)50(40)37-27-26-33-14-4-5-17-35(33)30-37/h1-34H;1-32H/i2D,5D,6D,17D,18D;1D,2D,3D,15D,16D. The maximum Gasteiger partial charge on any atom is 0.136 e. The van der Waals surface area contributed by atoms with E-state index in [0.717, 1.165) is 192 Å². The van der Waals surface area contributed by atoms with Gasteiger partial charge >= 0.3 is 0 Å². The molecule has 2 heterocycles. The third-order valence-corrected chi connectivity index (χ3v) is 21.7. The Labute approximate surface area is 638 Å². The largest absolute Gasteiger partial charge is 0.456 e. The van der Waals surface area contributed by atoms with E-state index in [9.17, 15) is 0 Å². The molecule has 0 N–H and O–H groups in total. The molecule has 0 unspecified atom stereocenters. The maximum atomic E-state index is 9.04. The van der Waals surface area contributed by atoms with Gasteiger partial charge in [0, 0.05) is 32.7 Å². The molecular formula is C106H66O2. The predicted molar refractivity (Wildman–Crippen MR) is 459 cm³/mol. The van der Waals surface area contributed by atoms with Crippen LogP contribution in [0.5, 0.6) is 0 Å². The van der Waals surface area contributed by atoms with E-state index in [-0.39, 0.29) is 59.5 Å². The van der Waals surface area contributed by atoms with Crippen molar-refractivity contribution in [3.05, 3.63) is 400 Å². The molecule has 0 amide bonds. The third kappa shape index (κ3) is 10.4. The summed E-state index contributed by atoms with van der Waals surface area (Å²) >= 11 is 0. The van der Waals surface area contributed by atoms with Crippen LogP contribution in [0.1, 0.15) is 13.7 Å². The minimum absolute atomic E-state index is 0.196. The van der Waals surface area contributed by atoms with E-state index < -0.39 is 12.1 Å². The topological polar surface area (TPSA) is 26.3 Å². The predicted octanol–water partition coefficient (Wildman–Crippen LogP) is 30.2. The summed E-state index contributed by atoms with van der Waals surface area (Å²) in [6.45, 7) is 0. The summed E-state index contributed by atoms with van der Waals surface area (Å²) in [6, 6.07) is 115. The fourth-order valence-electron chi connectivity index (χ4n) is 17.0. The Hall–Kier alpha value is -14.2. The van der Waals surface area contributed by atoms with Crippen LogP contribution >= 0.6 is 0 Å². The first-order valence-corrected chi connectivity index (χ1v) is 36.4. The van der Waals surface area contributed by atoms with E-state index >= 15 is 0 Å². The van der Waals surface area contributed by atoms with Gasteiger partial charge < -0.3 is 8.83 Å². The van der Waals surface area contributed by atoms with Crippen LogP contribution in [-0.4, -0.2) is 0 Å². The van der Waals surface area contributed by atoms with Crippen LogP contribution in [0.3, 0.4) is 0 Å². The summed E-state index contributed by atoms with van der Waals surface area (Å²) in [5.41, 5.74) is 20.0. The summed E-state index contributed by atoms with van der Waals surface area (Å²) in [4.78, 5) is 0. The van der Waals surface area contributed by atoms with E-state index in [0.29, 0.717) is 11.1 Å². The van der Waals surface area contributed by atoms with Crippen molar-refractivity contribution in [2.24, 2.45) is 0 Å². The molecule has 2 nitrogen and oxygen atoms in total. The number of benzene rings is 20. The molecule has 0 fully saturated rings. The normalized spacial score (nSPS) is 13.0. The number of hydrogen-bond acceptors (Lipinski definition) is 2. The van der Waals surface area contributed by atoms with Gasteiger partial charge in [-0.3, -0.25) is 0 Å². The van der Waals surface area contributed by atoms with E-state index in [4.69, 9.17) is 22.5 Å². The van der Waals surface area contributed by atoms with Gasteiger partial charge in [-0.2, -0.15) is 0 Å². The first-order valence-electron chi connectivity index (χ1n) is 41.4. The van der Waals surface area contributed by atoms with E-state index in [1.54, 1.807) is 0 Å². The summed E-state index contributed by atoms with van der Waals surface area (Å²) < 4.78 is 100. The van der Waals surface area contributed by atoms with Crippen LogP contribution < -0.4 is 0 Å². The molecule has 108 heavy (non-hydrogen) atoms. The lowest BCUT2D eigenvalue weighted by molar-refractivity contribution is 0.668. The molecule has 2 heteroatoms. The van der Waals surface area contributed by atoms with Crippen molar-refractivity contribution in [3.63, 3.8) is 0 Å². The molecule has 0 aliphatic carbocycles. The van der Waals surface area contributed by atoms with Gasteiger partial charge in [0.05, 0.1) is 13.7 Å². The van der Waals surface area contributed by atoms with Crippen LogP contribution in [0.2, 0.25) is 0 Å². The molecule has 0 radical (unpaired) electrons. The Balaban J connectivity index is 0.000000147. The molecule has 2 aromatic heterocycles. The fourth-order valence-corrected chi connectivity index (χ4v) is 17.0. The first-order chi connectivity index (χ1) is 57.7. The maximum absolute atomic E-state index is 9.04. The number of furan rings is 2. The molecule has 0 aliphatic rings. The average molecular weight is 1380 g/mol. The average Bonchev–Trinajstić information content (AvgIpc) is 0.971. The molecule has 0 spiro atoms. The molecule has 0 bridgehead atoms. The zero-order chi connectivity index (χ0) is 79.9. The van der Waals surface area contributed by atoms with Gasteiger partial charge in [0.2, 0.25) is 0 Å². The van der Waals surface area contributed by atoms with Crippen molar-refractivity contribution in [2.75, 3.05) is 0 Å². The van der Waals surface area contributed by atoms with Crippen LogP contribution in [0.15, 0.2) is 409 Å². The SMILES string of the molecule is [2H]c1c([2H])c([2H])c(-c2c3ccccc3c(-c3cc(-c4ccc5oc6ccccc6c5c4-c4ccc(-c5ccccc5)cc4)cc4ccccc34)c3ccccc23)c([2H])c1[2H].[2H]c1c([2H])c([2H])c(-c2c3ccccc3c(-c3cc(-c4ccc5oc6ccccc6c5c4-c4ccc5ccccc5c4)cc4ccccc34)c3ccccc23)c([2H])c1[2H]. The van der Waals surface area contributed by atoms with Crippen molar-refractivity contribution in [3.8, 4) is 100 Å². The summed E-state index contributed by atoms with van der Waals surface area (Å²) in [7, 11) is 0. The monoisotopic (exact) mass is 1380 g/mol. The Morgan fingerprint density at radius 1 is 0.167 bits per heavy atom. The minimum Gasteiger partial charge on any atom is -0.456 e. The van der Waals surface area contributed by atoms with Gasteiger partial charge in [0.25, 0.3) is 0 Å². The second-order valence-corrected chi connectivity index (χ2v) is 27.6. The molecule has 0 aliphatic heterocycles. The van der Waals surface area contributed by atoms with E-state index in [2.05, 4.69) is 237 Å². The molecule has 0 atom stereocenters. The smallest absolute Gasteiger partial charge is 0.136 e. The Morgan fingerprint density at radius 3 is 0.935 bits per heavy atom. The van der Waals surface area contributed by atoms with Crippen molar-refractivity contribution < 1.29 is 22.5 Å². The molecule has 22 aromatic rings. The van der Waals surface area contributed by atoms with Crippen LogP contribution in [-0.2, 0) is 0 Å². The van der Waals surface area contributed by atoms with Gasteiger partial charge in [-0.25, -0.2) is 0 Å². The zero-order valence-electron chi connectivity index (χ0n) is 68.1. The van der Waals surface area contributed by atoms with Gasteiger partial charge in [0.1, 0.15) is 22.3 Å². The fraction of sp³-hybridized carbons (Fsp3) is 0. The van der Waals surface area contributed by atoms with Gasteiger partial charge in [-0.1, -0.05) is 346 Å². The molecule has 0 saturated carbocycles. The van der Waals surface area contributed by atoms with Crippen molar-refractivity contribution in [1.29, 1.82) is 0 Å². The van der Waals surface area contributed by atoms with Gasteiger partial charge in [0.15, 0.2) is 0 Å². The summed E-state index contributed by atoms with van der Waals surface area (Å²) in [6.07, 6.45) is 0. The second-order valence-electron chi connectivity index (χ2n) is 27.6. The van der Waals surface area contributed by atoms with Crippen molar-refractivity contribution in [2.45, 2.75) is 0 Å². The number of hydrogen-bond donors (Lipinski definition) is 0. The molecule has 0 saturated heterocycles. The van der Waals surface area contributed by atoms with Gasteiger partial charge in [-0.15, -0.1) is 0 Å². The van der Waals surface area contributed by atoms with Gasteiger partial charge in [-0.05, 0) is 219 Å². The van der Waals surface area contributed by atoms with Crippen LogP contribution in [0, 0.1) is 0 Å². The molecule has 20 aromatic carbocycles. The quantitative estimate of drug-likeness (QED) is 0.135. The molecular weight excluding hydrogens is 1310 g/mol. The highest BCUT2D eigenvalue weighted by Crippen LogP contribution is 2.52. The number of fused-ring (bicyclic) bond motifs is 13. The first kappa shape index (κ1) is 52.7. The van der Waals surface area contributed by atoms with Crippen molar-refractivity contribution in [1.82, 2.24) is 0 Å². The third-order valence-electron chi connectivity index (χ3n) is 21.7. The van der Waals surface area contributed by atoms with E-state index in [1.165, 1.54) is 5.39 Å².